The van der Waals surface area contributed by atoms with Gasteiger partial charge in [0.05, 0.1) is 11.8 Å². The zero-order chi connectivity index (χ0) is 13.8. The van der Waals surface area contributed by atoms with E-state index in [1.165, 1.54) is 0 Å². The van der Waals surface area contributed by atoms with E-state index in [2.05, 4.69) is 4.98 Å². The minimum Gasteiger partial charge on any atom is -0.366 e. The predicted molar refractivity (Wildman–Crippen MR) is 67.7 cm³/mol. The van der Waals surface area contributed by atoms with Crippen LogP contribution in [0.25, 0.3) is 10.9 Å². The molecule has 7 heteroatoms. The lowest BCUT2D eigenvalue weighted by Crippen LogP contribution is -2.10. The number of pyridine rings is 1. The lowest BCUT2D eigenvalue weighted by atomic mass is 10.1. The molecule has 0 aliphatic heterocycles. The van der Waals surface area contributed by atoms with Gasteiger partial charge in [0.25, 0.3) is 10.1 Å². The van der Waals surface area contributed by atoms with E-state index in [9.17, 15) is 13.2 Å². The van der Waals surface area contributed by atoms with Crippen LogP contribution >= 0.6 is 0 Å². The summed E-state index contributed by atoms with van der Waals surface area (Å²) in [6.45, 7) is 0. The maximum atomic E-state index is 10.8. The molecule has 0 saturated heterocycles. The summed E-state index contributed by atoms with van der Waals surface area (Å²) < 4.78 is 25.9. The molecule has 1 heterocycles. The van der Waals surface area contributed by atoms with E-state index in [1.54, 1.807) is 24.4 Å². The van der Waals surface area contributed by atoms with Gasteiger partial charge in [-0.05, 0) is 24.3 Å². The molecule has 6 nitrogen and oxygen atoms in total. The molecule has 1 aromatic heterocycles. The molecule has 0 aliphatic rings. The number of nitrogens with zero attached hydrogens (tertiary/aromatic N) is 1. The maximum Gasteiger partial charge on any atom is 0.261 e. The van der Waals surface area contributed by atoms with E-state index in [0.29, 0.717) is 11.8 Å². The highest BCUT2D eigenvalue weighted by Crippen LogP contribution is 2.12. The lowest BCUT2D eigenvalue weighted by molar-refractivity contribution is 0.100. The molecule has 0 atom stereocenters. The maximum absolute atomic E-state index is 10.8. The number of primary amides is 1. The molecule has 18 heavy (non-hydrogen) atoms. The summed E-state index contributed by atoms with van der Waals surface area (Å²) in [7, 11) is -3.67. The Hall–Kier alpha value is -1.99. The van der Waals surface area contributed by atoms with Crippen molar-refractivity contribution in [2.24, 2.45) is 5.73 Å². The fraction of sp³-hybridized carbons (Fsp3) is 0.0909. The molecule has 2 aromatic rings. The third kappa shape index (κ3) is 4.89. The highest BCUT2D eigenvalue weighted by atomic mass is 32.2. The van der Waals surface area contributed by atoms with E-state index in [0.717, 1.165) is 10.9 Å². The predicted octanol–water partition coefficient (Wildman–Crippen LogP) is 0.838. The van der Waals surface area contributed by atoms with Crippen LogP contribution in [-0.2, 0) is 10.1 Å². The van der Waals surface area contributed by atoms with Gasteiger partial charge in [0.1, 0.15) is 0 Å². The molecule has 96 valence electrons. The first-order valence-corrected chi connectivity index (χ1v) is 6.69. The molecule has 0 saturated carbocycles. The number of carbonyl (C=O) groups excluding carboxylic acids is 1. The first-order valence-electron chi connectivity index (χ1n) is 4.84. The van der Waals surface area contributed by atoms with Crippen LogP contribution in [0.15, 0.2) is 36.5 Å². The van der Waals surface area contributed by atoms with Crippen LogP contribution in [0.1, 0.15) is 10.4 Å². The molecule has 1 amide bonds. The van der Waals surface area contributed by atoms with E-state index in [-0.39, 0.29) is 0 Å². The Morgan fingerprint density at radius 2 is 1.94 bits per heavy atom. The van der Waals surface area contributed by atoms with Gasteiger partial charge in [-0.15, -0.1) is 0 Å². The minimum absolute atomic E-state index is 0.411. The molecular formula is C11H12N2O4S. The Morgan fingerprint density at radius 3 is 2.50 bits per heavy atom. The number of rotatable bonds is 1. The molecule has 1 aromatic carbocycles. The number of carbonyl (C=O) groups is 1. The molecule has 0 radical (unpaired) electrons. The largest absolute Gasteiger partial charge is 0.366 e. The molecule has 3 N–H and O–H groups in total. The van der Waals surface area contributed by atoms with Gasteiger partial charge in [-0.1, -0.05) is 6.07 Å². The first-order chi connectivity index (χ1) is 8.27. The fourth-order valence-corrected chi connectivity index (χ4v) is 1.23. The van der Waals surface area contributed by atoms with Crippen LogP contribution in [0.4, 0.5) is 0 Å². The average molecular weight is 268 g/mol. The Labute approximate surface area is 104 Å². The van der Waals surface area contributed by atoms with Gasteiger partial charge in [0.15, 0.2) is 0 Å². The number of fused-ring (bicyclic) bond motifs is 1. The van der Waals surface area contributed by atoms with Crippen LogP contribution in [0, 0.1) is 0 Å². The third-order valence-corrected chi connectivity index (χ3v) is 1.89. The number of benzene rings is 1. The van der Waals surface area contributed by atoms with Crippen molar-refractivity contribution in [2.75, 3.05) is 6.26 Å². The van der Waals surface area contributed by atoms with Gasteiger partial charge in [-0.3, -0.25) is 14.3 Å². The van der Waals surface area contributed by atoms with E-state index in [4.69, 9.17) is 10.3 Å². The standard InChI is InChI=1S/C10H8N2O.CH4O3S/c11-10(13)8-3-4-9-7(6-8)2-1-5-12-9;1-5(2,3)4/h1-6H,(H2,11,13);1H3,(H,2,3,4). The number of nitrogens with two attached hydrogens (primary N) is 1. The van der Waals surface area contributed by atoms with Gasteiger partial charge in [-0.25, -0.2) is 0 Å². The van der Waals surface area contributed by atoms with Gasteiger partial charge < -0.3 is 5.73 Å². The second-order valence-corrected chi connectivity index (χ2v) is 4.97. The normalized spacial score (nSPS) is 10.6. The zero-order valence-corrected chi connectivity index (χ0v) is 10.4. The van der Waals surface area contributed by atoms with Crippen LogP contribution < -0.4 is 5.73 Å². The van der Waals surface area contributed by atoms with Crippen molar-refractivity contribution in [3.63, 3.8) is 0 Å². The topological polar surface area (TPSA) is 110 Å². The summed E-state index contributed by atoms with van der Waals surface area (Å²) in [5.74, 6) is -0.411. The van der Waals surface area contributed by atoms with Crippen molar-refractivity contribution in [1.29, 1.82) is 0 Å². The summed E-state index contributed by atoms with van der Waals surface area (Å²) in [6.07, 6.45) is 2.43. The van der Waals surface area contributed by atoms with Crippen LogP contribution in [-0.4, -0.2) is 30.1 Å². The number of aromatic nitrogens is 1. The zero-order valence-electron chi connectivity index (χ0n) is 9.57. The number of hydrogen-bond acceptors (Lipinski definition) is 4. The van der Waals surface area contributed by atoms with E-state index < -0.39 is 16.0 Å². The lowest BCUT2D eigenvalue weighted by Gasteiger charge is -1.98. The molecular weight excluding hydrogens is 256 g/mol. The van der Waals surface area contributed by atoms with Crippen molar-refractivity contribution in [3.05, 3.63) is 42.1 Å². The summed E-state index contributed by atoms with van der Waals surface area (Å²) in [6, 6.07) is 8.93. The van der Waals surface area contributed by atoms with Gasteiger partial charge in [0.2, 0.25) is 5.91 Å². The third-order valence-electron chi connectivity index (χ3n) is 1.89. The summed E-state index contributed by atoms with van der Waals surface area (Å²) in [5.41, 5.74) is 6.53. The van der Waals surface area contributed by atoms with Gasteiger partial charge in [-0.2, -0.15) is 8.42 Å². The molecule has 0 spiro atoms. The number of hydrogen-bond donors (Lipinski definition) is 2. The van der Waals surface area contributed by atoms with Gasteiger partial charge in [0, 0.05) is 17.1 Å². The quantitative estimate of drug-likeness (QED) is 0.744. The highest BCUT2D eigenvalue weighted by molar-refractivity contribution is 7.85. The Morgan fingerprint density at radius 1 is 1.33 bits per heavy atom. The Kier molecular flexibility index (Phi) is 4.35. The molecule has 0 fully saturated rings. The molecule has 0 aliphatic carbocycles. The van der Waals surface area contributed by atoms with Crippen molar-refractivity contribution in [1.82, 2.24) is 4.98 Å². The van der Waals surface area contributed by atoms with E-state index >= 15 is 0 Å². The van der Waals surface area contributed by atoms with Crippen molar-refractivity contribution < 1.29 is 17.8 Å². The first kappa shape index (κ1) is 14.1. The molecule has 0 unspecified atom stereocenters. The minimum atomic E-state index is -3.67. The smallest absolute Gasteiger partial charge is 0.261 e. The van der Waals surface area contributed by atoms with Gasteiger partial charge >= 0.3 is 0 Å². The SMILES string of the molecule is CS(=O)(=O)O.NC(=O)c1ccc2ncccc2c1. The second-order valence-electron chi connectivity index (χ2n) is 3.51. The van der Waals surface area contributed by atoms with Crippen molar-refractivity contribution in [3.8, 4) is 0 Å². The van der Waals surface area contributed by atoms with Crippen LogP contribution in [0.5, 0.6) is 0 Å². The van der Waals surface area contributed by atoms with Crippen LogP contribution in [0.3, 0.4) is 0 Å². The second kappa shape index (κ2) is 5.56. The number of amides is 1. The summed E-state index contributed by atoms with van der Waals surface area (Å²) >= 11 is 0. The van der Waals surface area contributed by atoms with Crippen molar-refractivity contribution in [2.45, 2.75) is 0 Å². The highest BCUT2D eigenvalue weighted by Gasteiger charge is 2.00. The summed E-state index contributed by atoms with van der Waals surface area (Å²) in [5, 5.41) is 0.929. The Balaban J connectivity index is 0.000000280. The fourth-order valence-electron chi connectivity index (χ4n) is 1.23. The Bertz CT molecular complexity index is 660. The molecule has 0 bridgehead atoms. The van der Waals surface area contributed by atoms with E-state index in [1.807, 2.05) is 12.1 Å². The van der Waals surface area contributed by atoms with Crippen molar-refractivity contribution >= 4 is 26.9 Å². The summed E-state index contributed by atoms with van der Waals surface area (Å²) in [4.78, 5) is 15.0. The monoisotopic (exact) mass is 268 g/mol. The molecule has 2 rings (SSSR count). The average Bonchev–Trinajstić information content (AvgIpc) is 2.26. The van der Waals surface area contributed by atoms with Crippen LogP contribution in [0.2, 0.25) is 0 Å².